The van der Waals surface area contributed by atoms with E-state index in [9.17, 15) is 24.4 Å². The number of carbonyl (C=O) groups is 3. The van der Waals surface area contributed by atoms with Gasteiger partial charge in [-0.25, -0.2) is 4.79 Å². The third-order valence-electron chi connectivity index (χ3n) is 11.8. The summed E-state index contributed by atoms with van der Waals surface area (Å²) in [5.74, 6) is 0.874. The number of carbonyl (C=O) groups excluding carboxylic acids is 3. The van der Waals surface area contributed by atoms with Gasteiger partial charge in [0.25, 0.3) is 5.91 Å². The topological polar surface area (TPSA) is 157 Å². The van der Waals surface area contributed by atoms with E-state index in [2.05, 4.69) is 26.6 Å². The van der Waals surface area contributed by atoms with Crippen molar-refractivity contribution < 1.29 is 23.9 Å². The summed E-state index contributed by atoms with van der Waals surface area (Å²) >= 11 is 0. The monoisotopic (exact) mass is 662 g/mol. The Hall–Kier alpha value is -3.43. The van der Waals surface area contributed by atoms with E-state index in [4.69, 9.17) is 9.47 Å². The van der Waals surface area contributed by atoms with E-state index in [1.807, 2.05) is 20.8 Å². The molecule has 1 aromatic rings. The van der Waals surface area contributed by atoms with Crippen LogP contribution in [0.4, 0.5) is 4.79 Å². The van der Waals surface area contributed by atoms with E-state index in [0.717, 1.165) is 77.4 Å². The van der Waals surface area contributed by atoms with E-state index in [1.54, 1.807) is 17.0 Å². The summed E-state index contributed by atoms with van der Waals surface area (Å²) in [6.07, 6.45) is 8.26. The van der Waals surface area contributed by atoms with Crippen LogP contribution < -0.4 is 16.2 Å². The quantitative estimate of drug-likeness (QED) is 0.364. The van der Waals surface area contributed by atoms with Crippen molar-refractivity contribution in [2.45, 2.75) is 120 Å². The summed E-state index contributed by atoms with van der Waals surface area (Å²) in [5.41, 5.74) is -1.49. The Kier molecular flexibility index (Phi) is 8.60. The summed E-state index contributed by atoms with van der Waals surface area (Å²) in [7, 11) is 0. The number of hydrogen-bond donors (Lipinski definition) is 3. The van der Waals surface area contributed by atoms with Crippen molar-refractivity contribution in [3.05, 3.63) is 34.2 Å². The molecule has 3 heterocycles. The molecule has 6 atom stereocenters. The summed E-state index contributed by atoms with van der Waals surface area (Å²) in [4.78, 5) is 58.7. The molecule has 2 aliphatic heterocycles. The van der Waals surface area contributed by atoms with E-state index >= 15 is 0 Å². The van der Waals surface area contributed by atoms with Crippen LogP contribution in [0, 0.1) is 34.5 Å². The lowest BCUT2D eigenvalue weighted by molar-refractivity contribution is -0.203. The number of likely N-dealkylation sites (tertiary alicyclic amines) is 2. The van der Waals surface area contributed by atoms with Crippen molar-refractivity contribution in [3.8, 4) is 6.07 Å². The zero-order valence-corrected chi connectivity index (χ0v) is 28.5. The van der Waals surface area contributed by atoms with Crippen molar-refractivity contribution in [2.24, 2.45) is 23.2 Å². The minimum atomic E-state index is -0.751. The Balaban J connectivity index is 0.996. The van der Waals surface area contributed by atoms with Crippen molar-refractivity contribution in [1.29, 1.82) is 5.26 Å². The first-order valence-corrected chi connectivity index (χ1v) is 17.9. The lowest BCUT2D eigenvalue weighted by atomic mass is 9.46. The standard InChI is InChI=1S/C36H50N6O6/c1-34(2,3)48-33(46)40-30(32(45)42-26(20-37)14-24-15-28(24)42)35-16-22-13-23(17-35)19-36(18-22,21-35)47-12-11-41-9-7-25(8-10-41)38-31(44)27-5-4-6-29(43)39-27/h4-6,22-26,28,30H,7-19,21H2,1-3H3,(H,38,44)(H,39,43)(H,40,46)/t22?,23?,24-,26+,28+,30-,35?,36?/m1/s1. The number of fused-ring (bicyclic) bond motifs is 1. The molecular formula is C36H50N6O6. The van der Waals surface area contributed by atoms with Gasteiger partial charge in [0, 0.05) is 43.2 Å². The number of hydrogen-bond acceptors (Lipinski definition) is 8. The lowest BCUT2D eigenvalue weighted by Crippen LogP contribution is -2.67. The molecule has 12 heteroatoms. The zero-order chi connectivity index (χ0) is 33.8. The third kappa shape index (κ3) is 6.73. The van der Waals surface area contributed by atoms with Gasteiger partial charge in [0.1, 0.15) is 23.4 Å². The van der Waals surface area contributed by atoms with E-state index in [-0.39, 0.29) is 40.8 Å². The summed E-state index contributed by atoms with van der Waals surface area (Å²) in [6.45, 7) is 8.53. The van der Waals surface area contributed by atoms with Crippen molar-refractivity contribution >= 4 is 17.9 Å². The van der Waals surface area contributed by atoms with Crippen LogP contribution in [0.3, 0.4) is 0 Å². The number of nitrogens with zero attached hydrogens (tertiary/aromatic N) is 3. The average molecular weight is 663 g/mol. The second kappa shape index (κ2) is 12.5. The molecule has 12 nitrogen and oxygen atoms in total. The molecule has 2 unspecified atom stereocenters. The molecule has 7 fully saturated rings. The first-order chi connectivity index (χ1) is 22.8. The number of H-pyrrole nitrogens is 1. The first-order valence-electron chi connectivity index (χ1n) is 17.9. The molecule has 5 aliphatic carbocycles. The van der Waals surface area contributed by atoms with Gasteiger partial charge in [0.05, 0.1) is 18.3 Å². The number of alkyl carbamates (subject to hydrolysis) is 1. The second-order valence-corrected chi connectivity index (χ2v) is 16.6. The van der Waals surface area contributed by atoms with Crippen LogP contribution in [0.15, 0.2) is 23.0 Å². The summed E-state index contributed by atoms with van der Waals surface area (Å²) in [5, 5.41) is 16.0. The van der Waals surface area contributed by atoms with E-state index < -0.39 is 29.2 Å². The zero-order valence-electron chi connectivity index (χ0n) is 28.5. The fourth-order valence-electron chi connectivity index (χ4n) is 10.2. The molecule has 0 spiro atoms. The minimum absolute atomic E-state index is 0.0514. The van der Waals surface area contributed by atoms with Crippen LogP contribution in [-0.4, -0.2) is 94.3 Å². The minimum Gasteiger partial charge on any atom is -0.444 e. The van der Waals surface area contributed by atoms with E-state index in [1.165, 1.54) is 6.07 Å². The molecular weight excluding hydrogens is 612 g/mol. The Morgan fingerprint density at radius 3 is 2.48 bits per heavy atom. The summed E-state index contributed by atoms with van der Waals surface area (Å²) < 4.78 is 12.6. The number of piperidine rings is 2. The smallest absolute Gasteiger partial charge is 0.408 e. The van der Waals surface area contributed by atoms with Crippen LogP contribution in [0.1, 0.15) is 95.5 Å². The number of aromatic amines is 1. The molecule has 3 amide bonds. The van der Waals surface area contributed by atoms with Gasteiger partial charge < -0.3 is 34.9 Å². The number of aromatic nitrogens is 1. The molecule has 260 valence electrons. The van der Waals surface area contributed by atoms with Crippen LogP contribution in [0.2, 0.25) is 0 Å². The van der Waals surface area contributed by atoms with Gasteiger partial charge in [0.2, 0.25) is 11.5 Å². The van der Waals surface area contributed by atoms with Crippen LogP contribution in [0.5, 0.6) is 0 Å². The number of ether oxygens (including phenoxy) is 2. The highest BCUT2D eigenvalue weighted by atomic mass is 16.6. The van der Waals surface area contributed by atoms with Crippen LogP contribution in [0.25, 0.3) is 0 Å². The highest BCUT2D eigenvalue weighted by Crippen LogP contribution is 2.64. The maximum absolute atomic E-state index is 14.5. The summed E-state index contributed by atoms with van der Waals surface area (Å²) in [6, 6.07) is 5.91. The highest BCUT2D eigenvalue weighted by Gasteiger charge is 2.64. The Labute approximate surface area is 282 Å². The van der Waals surface area contributed by atoms with Crippen LogP contribution in [-0.2, 0) is 14.3 Å². The van der Waals surface area contributed by atoms with Gasteiger partial charge in [-0.3, -0.25) is 14.4 Å². The molecule has 8 rings (SSSR count). The molecule has 2 saturated heterocycles. The molecule has 0 aromatic carbocycles. The normalized spacial score (nSPS) is 34.6. The molecule has 5 saturated carbocycles. The SMILES string of the molecule is CC(C)(C)OC(=O)N[C@H](C(=O)N1[C@H](C#N)C[C@@H]2C[C@@H]21)C12CC3CC(CC(OCCN4CCC(NC(=O)c5cccc(=O)[nH]5)CC4)(C3)C1)C2. The Bertz CT molecular complexity index is 1510. The molecule has 48 heavy (non-hydrogen) atoms. The van der Waals surface area contributed by atoms with Gasteiger partial charge in [0.15, 0.2) is 0 Å². The largest absolute Gasteiger partial charge is 0.444 e. The first kappa shape index (κ1) is 33.1. The third-order valence-corrected chi connectivity index (χ3v) is 11.8. The Morgan fingerprint density at radius 2 is 1.81 bits per heavy atom. The number of nitriles is 1. The van der Waals surface area contributed by atoms with E-state index in [0.29, 0.717) is 30.8 Å². The Morgan fingerprint density at radius 1 is 1.08 bits per heavy atom. The second-order valence-electron chi connectivity index (χ2n) is 16.6. The maximum atomic E-state index is 14.5. The molecule has 7 aliphatic rings. The predicted octanol–water partition coefficient (Wildman–Crippen LogP) is 3.33. The predicted molar refractivity (Wildman–Crippen MR) is 176 cm³/mol. The highest BCUT2D eigenvalue weighted by molar-refractivity contribution is 5.92. The lowest BCUT2D eigenvalue weighted by Gasteiger charge is -2.63. The molecule has 1 aromatic heterocycles. The van der Waals surface area contributed by atoms with Gasteiger partial charge in [-0.1, -0.05) is 6.07 Å². The van der Waals surface area contributed by atoms with Gasteiger partial charge in [-0.05, 0) is 109 Å². The molecule has 3 N–H and O–H groups in total. The van der Waals surface area contributed by atoms with Crippen molar-refractivity contribution in [3.63, 3.8) is 0 Å². The fraction of sp³-hybridized carbons (Fsp3) is 0.750. The van der Waals surface area contributed by atoms with Crippen molar-refractivity contribution in [2.75, 3.05) is 26.2 Å². The number of nitrogens with one attached hydrogen (secondary N) is 3. The van der Waals surface area contributed by atoms with Crippen LogP contribution >= 0.6 is 0 Å². The van der Waals surface area contributed by atoms with Gasteiger partial charge in [-0.15, -0.1) is 0 Å². The molecule has 0 radical (unpaired) electrons. The average Bonchev–Trinajstić information content (AvgIpc) is 3.67. The number of rotatable bonds is 9. The number of pyridine rings is 1. The number of amides is 3. The van der Waals surface area contributed by atoms with Gasteiger partial charge in [-0.2, -0.15) is 5.26 Å². The van der Waals surface area contributed by atoms with Gasteiger partial charge >= 0.3 is 6.09 Å². The van der Waals surface area contributed by atoms with Crippen molar-refractivity contribution in [1.82, 2.24) is 25.4 Å². The molecule has 4 bridgehead atoms. The maximum Gasteiger partial charge on any atom is 0.408 e. The fourth-order valence-corrected chi connectivity index (χ4v) is 10.2.